The molecule has 1 heterocycles. The number of nitrogens with zero attached hydrogens (tertiary/aromatic N) is 2. The minimum absolute atomic E-state index is 0.0626. The number of ether oxygens (including phenoxy) is 1. The van der Waals surface area contributed by atoms with Crippen LogP contribution in [0.2, 0.25) is 0 Å². The lowest BCUT2D eigenvalue weighted by Crippen LogP contribution is -2.28. The molecule has 3 rings (SSSR count). The highest BCUT2D eigenvalue weighted by molar-refractivity contribution is 9.10. The van der Waals surface area contributed by atoms with Crippen LogP contribution in [0, 0.1) is 0 Å². The summed E-state index contributed by atoms with van der Waals surface area (Å²) in [6.07, 6.45) is 1.86. The zero-order valence-corrected chi connectivity index (χ0v) is 17.2. The van der Waals surface area contributed by atoms with E-state index in [-0.39, 0.29) is 5.91 Å². The average Bonchev–Trinajstić information content (AvgIpc) is 2.96. The van der Waals surface area contributed by atoms with Gasteiger partial charge in [0.2, 0.25) is 0 Å². The zero-order valence-electron chi connectivity index (χ0n) is 14.8. The fourth-order valence-electron chi connectivity index (χ4n) is 2.52. The van der Waals surface area contributed by atoms with Crippen LogP contribution in [0.15, 0.2) is 62.9 Å². The van der Waals surface area contributed by atoms with Gasteiger partial charge in [0.1, 0.15) is 0 Å². The number of amides is 1. The zero-order chi connectivity index (χ0) is 19.4. The summed E-state index contributed by atoms with van der Waals surface area (Å²) in [5, 5.41) is 0.620. The molecular weight excluding hydrogens is 428 g/mol. The fraction of sp³-hybridized carbons (Fsp3) is 0.150. The van der Waals surface area contributed by atoms with Gasteiger partial charge in [0.25, 0.3) is 5.91 Å². The van der Waals surface area contributed by atoms with Crippen molar-refractivity contribution in [2.24, 2.45) is 4.99 Å². The molecule has 2 aromatic carbocycles. The monoisotopic (exact) mass is 444 g/mol. The Morgan fingerprint density at radius 3 is 2.63 bits per heavy atom. The normalized spacial score (nSPS) is 17.0. The first kappa shape index (κ1) is 19.4. The fourth-order valence-corrected chi connectivity index (χ4v) is 4.00. The van der Waals surface area contributed by atoms with Crippen LogP contribution in [0.5, 0.6) is 0 Å². The molecule has 0 aliphatic carbocycles. The highest BCUT2D eigenvalue weighted by Crippen LogP contribution is 2.34. The maximum absolute atomic E-state index is 12.7. The maximum Gasteiger partial charge on any atom is 0.337 e. The second kappa shape index (κ2) is 8.54. The molecule has 0 unspecified atom stereocenters. The smallest absolute Gasteiger partial charge is 0.337 e. The van der Waals surface area contributed by atoms with E-state index in [2.05, 4.69) is 20.9 Å². The molecule has 1 aliphatic rings. The number of benzene rings is 2. The van der Waals surface area contributed by atoms with E-state index in [0.29, 0.717) is 27.9 Å². The van der Waals surface area contributed by atoms with Gasteiger partial charge in [-0.15, -0.1) is 0 Å². The Hall–Kier alpha value is -2.38. The van der Waals surface area contributed by atoms with Gasteiger partial charge in [-0.1, -0.05) is 28.1 Å². The maximum atomic E-state index is 12.7. The van der Waals surface area contributed by atoms with Gasteiger partial charge in [-0.2, -0.15) is 0 Å². The highest BCUT2D eigenvalue weighted by atomic mass is 79.9. The van der Waals surface area contributed by atoms with Crippen molar-refractivity contribution in [3.63, 3.8) is 0 Å². The van der Waals surface area contributed by atoms with E-state index < -0.39 is 5.97 Å². The quantitative estimate of drug-likeness (QED) is 0.498. The Labute approximate surface area is 170 Å². The van der Waals surface area contributed by atoms with E-state index in [4.69, 9.17) is 4.74 Å². The third-order valence-electron chi connectivity index (χ3n) is 3.86. The number of carbonyl (C=O) groups excluding carboxylic acids is 2. The van der Waals surface area contributed by atoms with Crippen LogP contribution in [0.1, 0.15) is 22.8 Å². The van der Waals surface area contributed by atoms with Crippen LogP contribution in [0.3, 0.4) is 0 Å². The Morgan fingerprint density at radius 2 is 2.00 bits per heavy atom. The summed E-state index contributed by atoms with van der Waals surface area (Å²) in [5.41, 5.74) is 2.07. The molecule has 0 aromatic heterocycles. The Balaban J connectivity index is 1.88. The largest absolute Gasteiger partial charge is 0.465 e. The van der Waals surface area contributed by atoms with E-state index in [1.807, 2.05) is 37.3 Å². The van der Waals surface area contributed by atoms with Crippen LogP contribution < -0.4 is 0 Å². The van der Waals surface area contributed by atoms with Crippen molar-refractivity contribution < 1.29 is 14.3 Å². The van der Waals surface area contributed by atoms with Crippen molar-refractivity contribution >= 4 is 56.5 Å². The van der Waals surface area contributed by atoms with E-state index in [1.165, 1.54) is 18.9 Å². The van der Waals surface area contributed by atoms with E-state index in [1.54, 1.807) is 29.2 Å². The summed E-state index contributed by atoms with van der Waals surface area (Å²) >= 11 is 4.78. The Kier molecular flexibility index (Phi) is 6.13. The number of esters is 1. The Bertz CT molecular complexity index is 938. The van der Waals surface area contributed by atoms with Crippen LogP contribution in [-0.4, -0.2) is 35.6 Å². The van der Waals surface area contributed by atoms with Crippen molar-refractivity contribution in [3.8, 4) is 0 Å². The lowest BCUT2D eigenvalue weighted by atomic mass is 10.2. The van der Waals surface area contributed by atoms with Crippen LogP contribution in [0.25, 0.3) is 6.08 Å². The van der Waals surface area contributed by atoms with Gasteiger partial charge < -0.3 is 4.74 Å². The summed E-state index contributed by atoms with van der Waals surface area (Å²) in [4.78, 5) is 31.1. The van der Waals surface area contributed by atoms with E-state index in [9.17, 15) is 9.59 Å². The molecular formula is C20H17BrN2O3S. The molecule has 1 amide bonds. The van der Waals surface area contributed by atoms with Gasteiger partial charge >= 0.3 is 5.97 Å². The first-order chi connectivity index (χ1) is 13.0. The van der Waals surface area contributed by atoms with Crippen LogP contribution in [0.4, 0.5) is 5.69 Å². The standard InChI is InChI=1S/C20H17BrN2O3S/c1-3-23-18(24)17(12-13-5-4-6-15(21)11-13)27-20(23)22-16-9-7-14(8-10-16)19(25)26-2/h4-12H,3H2,1-2H3. The molecule has 0 atom stereocenters. The molecule has 0 bridgehead atoms. The second-order valence-corrected chi connectivity index (χ2v) is 7.57. The number of likely N-dealkylation sites (N-methyl/N-ethyl adjacent to an activating group) is 1. The number of methoxy groups -OCH3 is 1. The van der Waals surface area contributed by atoms with Crippen molar-refractivity contribution in [2.45, 2.75) is 6.92 Å². The topological polar surface area (TPSA) is 59.0 Å². The lowest BCUT2D eigenvalue weighted by Gasteiger charge is -2.12. The van der Waals surface area contributed by atoms with E-state index >= 15 is 0 Å². The van der Waals surface area contributed by atoms with Gasteiger partial charge in [-0.25, -0.2) is 9.79 Å². The molecule has 7 heteroatoms. The van der Waals surface area contributed by atoms with Crippen LogP contribution in [-0.2, 0) is 9.53 Å². The Morgan fingerprint density at radius 1 is 1.26 bits per heavy atom. The number of carbonyl (C=O) groups is 2. The number of hydrogen-bond donors (Lipinski definition) is 0. The van der Waals surface area contributed by atoms with Crippen molar-refractivity contribution in [2.75, 3.05) is 13.7 Å². The summed E-state index contributed by atoms with van der Waals surface area (Å²) in [6, 6.07) is 14.5. The molecule has 0 spiro atoms. The molecule has 0 N–H and O–H groups in total. The van der Waals surface area contributed by atoms with E-state index in [0.717, 1.165) is 10.0 Å². The molecule has 138 valence electrons. The van der Waals surface area contributed by atoms with Crippen molar-refractivity contribution in [3.05, 3.63) is 69.0 Å². The number of hydrogen-bond acceptors (Lipinski definition) is 5. The minimum atomic E-state index is -0.394. The summed E-state index contributed by atoms with van der Waals surface area (Å²) in [6.45, 7) is 2.44. The SMILES string of the molecule is CCN1C(=O)C(=Cc2cccc(Br)c2)SC1=Nc1ccc(C(=O)OC)cc1. The number of aliphatic imine (C=N–C) groups is 1. The van der Waals surface area contributed by atoms with Gasteiger partial charge in [0, 0.05) is 11.0 Å². The molecule has 27 heavy (non-hydrogen) atoms. The second-order valence-electron chi connectivity index (χ2n) is 5.65. The average molecular weight is 445 g/mol. The first-order valence-corrected chi connectivity index (χ1v) is 9.87. The van der Waals surface area contributed by atoms with Crippen molar-refractivity contribution in [1.82, 2.24) is 4.90 Å². The van der Waals surface area contributed by atoms with Gasteiger partial charge in [-0.05, 0) is 66.7 Å². The predicted molar refractivity (Wildman–Crippen MR) is 112 cm³/mol. The van der Waals surface area contributed by atoms with Gasteiger partial charge in [0.15, 0.2) is 5.17 Å². The molecule has 1 fully saturated rings. The highest BCUT2D eigenvalue weighted by Gasteiger charge is 2.32. The van der Waals surface area contributed by atoms with Gasteiger partial charge in [0.05, 0.1) is 23.3 Å². The number of thioether (sulfide) groups is 1. The number of amidine groups is 1. The summed E-state index contributed by atoms with van der Waals surface area (Å²) in [7, 11) is 1.34. The summed E-state index contributed by atoms with van der Waals surface area (Å²) < 4.78 is 5.65. The molecule has 1 saturated heterocycles. The van der Waals surface area contributed by atoms with Crippen molar-refractivity contribution in [1.29, 1.82) is 0 Å². The van der Waals surface area contributed by atoms with Gasteiger partial charge in [-0.3, -0.25) is 9.69 Å². The molecule has 1 aliphatic heterocycles. The third-order valence-corrected chi connectivity index (χ3v) is 5.36. The minimum Gasteiger partial charge on any atom is -0.465 e. The number of rotatable bonds is 4. The molecule has 0 radical (unpaired) electrons. The molecule has 2 aromatic rings. The molecule has 5 nitrogen and oxygen atoms in total. The number of halogens is 1. The first-order valence-electron chi connectivity index (χ1n) is 8.26. The predicted octanol–water partition coefficient (Wildman–Crippen LogP) is 4.86. The third kappa shape index (κ3) is 4.48. The summed E-state index contributed by atoms with van der Waals surface area (Å²) in [5.74, 6) is -0.457. The van der Waals surface area contributed by atoms with Crippen LogP contribution >= 0.6 is 27.7 Å². The lowest BCUT2D eigenvalue weighted by molar-refractivity contribution is -0.122. The molecule has 0 saturated carbocycles.